The Morgan fingerprint density at radius 1 is 1.33 bits per heavy atom. The molecule has 0 aromatic heterocycles. The minimum atomic E-state index is -0.699. The predicted octanol–water partition coefficient (Wildman–Crippen LogP) is 1.96. The van der Waals surface area contributed by atoms with Gasteiger partial charge in [0.05, 0.1) is 5.60 Å². The van der Waals surface area contributed by atoms with E-state index in [1.54, 1.807) is 13.8 Å². The predicted molar refractivity (Wildman–Crippen MR) is 60.7 cm³/mol. The van der Waals surface area contributed by atoms with E-state index in [4.69, 9.17) is 0 Å². The van der Waals surface area contributed by atoms with Crippen LogP contribution in [0.4, 0.5) is 5.69 Å². The number of anilines is 1. The van der Waals surface area contributed by atoms with Crippen molar-refractivity contribution in [3.8, 4) is 0 Å². The number of rotatable bonds is 3. The van der Waals surface area contributed by atoms with Crippen molar-refractivity contribution in [2.45, 2.75) is 32.8 Å². The molecule has 3 heteroatoms. The molecule has 0 spiro atoms. The number of aliphatic hydroxyl groups is 1. The van der Waals surface area contributed by atoms with Crippen molar-refractivity contribution in [3.63, 3.8) is 0 Å². The quantitative estimate of drug-likeness (QED) is 0.796. The van der Waals surface area contributed by atoms with Gasteiger partial charge in [0.2, 0.25) is 5.91 Å². The van der Waals surface area contributed by atoms with E-state index < -0.39 is 5.60 Å². The lowest BCUT2D eigenvalue weighted by molar-refractivity contribution is -0.114. The number of carbonyl (C=O) groups is 1. The Labute approximate surface area is 90.1 Å². The van der Waals surface area contributed by atoms with Gasteiger partial charge in [0, 0.05) is 19.0 Å². The van der Waals surface area contributed by atoms with Gasteiger partial charge in [-0.05, 0) is 31.5 Å². The SMILES string of the molecule is CC(=O)Nc1ccc(CC(C)(C)O)cc1. The van der Waals surface area contributed by atoms with Gasteiger partial charge in [-0.3, -0.25) is 4.79 Å². The summed E-state index contributed by atoms with van der Waals surface area (Å²) < 4.78 is 0. The maximum atomic E-state index is 10.8. The second-order valence-corrected chi connectivity index (χ2v) is 4.37. The zero-order valence-corrected chi connectivity index (χ0v) is 9.37. The van der Waals surface area contributed by atoms with Gasteiger partial charge in [-0.2, -0.15) is 0 Å². The second-order valence-electron chi connectivity index (χ2n) is 4.37. The number of hydrogen-bond acceptors (Lipinski definition) is 2. The maximum absolute atomic E-state index is 10.8. The maximum Gasteiger partial charge on any atom is 0.221 e. The molecule has 0 fully saturated rings. The summed E-state index contributed by atoms with van der Waals surface area (Å²) in [6.45, 7) is 5.02. The van der Waals surface area contributed by atoms with Crippen LogP contribution in [-0.2, 0) is 11.2 Å². The molecule has 1 aromatic rings. The first kappa shape index (κ1) is 11.7. The topological polar surface area (TPSA) is 49.3 Å². The Hall–Kier alpha value is -1.35. The fourth-order valence-corrected chi connectivity index (χ4v) is 1.41. The molecular formula is C12H17NO2. The molecule has 0 aliphatic rings. The highest BCUT2D eigenvalue weighted by Crippen LogP contribution is 2.15. The van der Waals surface area contributed by atoms with Gasteiger partial charge in [0.1, 0.15) is 0 Å². The molecule has 82 valence electrons. The first-order valence-electron chi connectivity index (χ1n) is 4.96. The van der Waals surface area contributed by atoms with Gasteiger partial charge >= 0.3 is 0 Å². The van der Waals surface area contributed by atoms with Gasteiger partial charge in [-0.15, -0.1) is 0 Å². The van der Waals surface area contributed by atoms with Gasteiger partial charge in [0.25, 0.3) is 0 Å². The minimum Gasteiger partial charge on any atom is -0.390 e. The van der Waals surface area contributed by atoms with E-state index in [-0.39, 0.29) is 5.91 Å². The molecule has 0 aliphatic heterocycles. The van der Waals surface area contributed by atoms with E-state index in [2.05, 4.69) is 5.32 Å². The van der Waals surface area contributed by atoms with Crippen molar-refractivity contribution in [3.05, 3.63) is 29.8 Å². The molecule has 0 saturated carbocycles. The molecule has 0 aliphatic carbocycles. The van der Waals surface area contributed by atoms with E-state index in [1.165, 1.54) is 6.92 Å². The standard InChI is InChI=1S/C12H17NO2/c1-9(14)13-11-6-4-10(5-7-11)8-12(2,3)15/h4-7,15H,8H2,1-3H3,(H,13,14). The van der Waals surface area contributed by atoms with Crippen LogP contribution in [0.15, 0.2) is 24.3 Å². The summed E-state index contributed by atoms with van der Waals surface area (Å²) in [6, 6.07) is 7.48. The van der Waals surface area contributed by atoms with Crippen molar-refractivity contribution >= 4 is 11.6 Å². The summed E-state index contributed by atoms with van der Waals surface area (Å²) >= 11 is 0. The van der Waals surface area contributed by atoms with E-state index in [0.717, 1.165) is 11.3 Å². The zero-order chi connectivity index (χ0) is 11.5. The van der Waals surface area contributed by atoms with Crippen molar-refractivity contribution in [2.75, 3.05) is 5.32 Å². The summed E-state index contributed by atoms with van der Waals surface area (Å²) in [4.78, 5) is 10.8. The van der Waals surface area contributed by atoms with E-state index in [0.29, 0.717) is 6.42 Å². The van der Waals surface area contributed by atoms with Crippen LogP contribution in [0.3, 0.4) is 0 Å². The van der Waals surface area contributed by atoms with Crippen LogP contribution in [0.2, 0.25) is 0 Å². The number of amides is 1. The molecule has 2 N–H and O–H groups in total. The molecule has 3 nitrogen and oxygen atoms in total. The van der Waals surface area contributed by atoms with Gasteiger partial charge in [-0.25, -0.2) is 0 Å². The molecule has 1 aromatic carbocycles. The van der Waals surface area contributed by atoms with Crippen LogP contribution in [0.5, 0.6) is 0 Å². The van der Waals surface area contributed by atoms with Crippen LogP contribution < -0.4 is 5.32 Å². The zero-order valence-electron chi connectivity index (χ0n) is 9.37. The molecule has 0 radical (unpaired) electrons. The molecule has 0 unspecified atom stereocenters. The van der Waals surface area contributed by atoms with Gasteiger partial charge in [-0.1, -0.05) is 12.1 Å². The van der Waals surface area contributed by atoms with Gasteiger partial charge in [0.15, 0.2) is 0 Å². The highest BCUT2D eigenvalue weighted by atomic mass is 16.3. The summed E-state index contributed by atoms with van der Waals surface area (Å²) in [5.74, 6) is -0.0785. The largest absolute Gasteiger partial charge is 0.390 e. The van der Waals surface area contributed by atoms with Gasteiger partial charge < -0.3 is 10.4 Å². The second kappa shape index (κ2) is 4.45. The summed E-state index contributed by atoms with van der Waals surface area (Å²) in [5.41, 5.74) is 1.13. The summed E-state index contributed by atoms with van der Waals surface area (Å²) in [7, 11) is 0. The molecule has 1 rings (SSSR count). The Morgan fingerprint density at radius 2 is 1.87 bits per heavy atom. The lowest BCUT2D eigenvalue weighted by Crippen LogP contribution is -2.21. The highest BCUT2D eigenvalue weighted by molar-refractivity contribution is 5.88. The van der Waals surface area contributed by atoms with E-state index in [9.17, 15) is 9.90 Å². The van der Waals surface area contributed by atoms with Crippen LogP contribution >= 0.6 is 0 Å². The molecule has 1 amide bonds. The van der Waals surface area contributed by atoms with E-state index in [1.807, 2.05) is 24.3 Å². The van der Waals surface area contributed by atoms with Crippen LogP contribution in [0, 0.1) is 0 Å². The van der Waals surface area contributed by atoms with Crippen molar-refractivity contribution < 1.29 is 9.90 Å². The third kappa shape index (κ3) is 4.61. The van der Waals surface area contributed by atoms with Crippen LogP contribution in [0.25, 0.3) is 0 Å². The molecule has 0 atom stereocenters. The normalized spacial score (nSPS) is 11.2. The lowest BCUT2D eigenvalue weighted by atomic mass is 9.99. The summed E-state index contributed by atoms with van der Waals surface area (Å²) in [5, 5.41) is 12.3. The van der Waals surface area contributed by atoms with Crippen molar-refractivity contribution in [2.24, 2.45) is 0 Å². The minimum absolute atomic E-state index is 0.0785. The van der Waals surface area contributed by atoms with Crippen molar-refractivity contribution in [1.82, 2.24) is 0 Å². The monoisotopic (exact) mass is 207 g/mol. The lowest BCUT2D eigenvalue weighted by Gasteiger charge is -2.17. The Balaban J connectivity index is 2.68. The molecule has 15 heavy (non-hydrogen) atoms. The fraction of sp³-hybridized carbons (Fsp3) is 0.417. The molecule has 0 heterocycles. The number of hydrogen-bond donors (Lipinski definition) is 2. The highest BCUT2D eigenvalue weighted by Gasteiger charge is 2.12. The molecule has 0 saturated heterocycles. The fourth-order valence-electron chi connectivity index (χ4n) is 1.41. The third-order valence-corrected chi connectivity index (χ3v) is 1.91. The number of nitrogens with one attached hydrogen (secondary N) is 1. The van der Waals surface area contributed by atoms with Crippen molar-refractivity contribution in [1.29, 1.82) is 0 Å². The smallest absolute Gasteiger partial charge is 0.221 e. The average Bonchev–Trinajstić information content (AvgIpc) is 2.05. The first-order valence-corrected chi connectivity index (χ1v) is 4.96. The summed E-state index contributed by atoms with van der Waals surface area (Å²) in [6.07, 6.45) is 0.605. The molecular weight excluding hydrogens is 190 g/mol. The number of carbonyl (C=O) groups excluding carboxylic acids is 1. The Morgan fingerprint density at radius 3 is 2.27 bits per heavy atom. The Bertz CT molecular complexity index is 336. The Kier molecular flexibility index (Phi) is 3.48. The van der Waals surface area contributed by atoms with E-state index >= 15 is 0 Å². The first-order chi connectivity index (χ1) is 6.87. The van der Waals surface area contributed by atoms with Crippen LogP contribution in [0.1, 0.15) is 26.3 Å². The number of benzene rings is 1. The third-order valence-electron chi connectivity index (χ3n) is 1.91. The van der Waals surface area contributed by atoms with Crippen LogP contribution in [-0.4, -0.2) is 16.6 Å². The average molecular weight is 207 g/mol. The molecule has 0 bridgehead atoms.